The summed E-state index contributed by atoms with van der Waals surface area (Å²) in [6.45, 7) is 3.71. The summed E-state index contributed by atoms with van der Waals surface area (Å²) in [6.07, 6.45) is 5.68. The molecule has 1 aliphatic rings. The number of fused-ring (bicyclic) bond motifs is 1. The predicted octanol–water partition coefficient (Wildman–Crippen LogP) is 4.82. The fraction of sp³-hybridized carbons (Fsp3) is 0.200. The van der Waals surface area contributed by atoms with Crippen LogP contribution in [0.25, 0.3) is 22.2 Å². The second-order valence-electron chi connectivity index (χ2n) is 6.34. The molecule has 1 aliphatic carbocycles. The van der Waals surface area contributed by atoms with Gasteiger partial charge in [-0.3, -0.25) is 4.79 Å². The molecule has 1 fully saturated rings. The molecule has 1 saturated carbocycles. The van der Waals surface area contributed by atoms with Crippen LogP contribution in [0, 0.1) is 5.92 Å². The SMILES string of the molecule is C=CCSNc1ccc(-c2cc(NC(=O)C3CC3)nc3[nH]ccc23)cc1. The van der Waals surface area contributed by atoms with Crippen LogP contribution >= 0.6 is 11.9 Å². The predicted molar refractivity (Wildman–Crippen MR) is 109 cm³/mol. The number of hydrogen-bond donors (Lipinski definition) is 3. The number of benzene rings is 1. The molecule has 0 spiro atoms. The Labute approximate surface area is 156 Å². The largest absolute Gasteiger partial charge is 0.346 e. The highest BCUT2D eigenvalue weighted by Gasteiger charge is 2.30. The van der Waals surface area contributed by atoms with Crippen molar-refractivity contribution in [3.05, 3.63) is 55.3 Å². The lowest BCUT2D eigenvalue weighted by molar-refractivity contribution is -0.117. The second kappa shape index (κ2) is 7.25. The van der Waals surface area contributed by atoms with Crippen LogP contribution in [0.15, 0.2) is 55.3 Å². The van der Waals surface area contributed by atoms with Crippen LogP contribution in [0.3, 0.4) is 0 Å². The van der Waals surface area contributed by atoms with Crippen molar-refractivity contribution < 1.29 is 4.79 Å². The molecule has 0 saturated heterocycles. The van der Waals surface area contributed by atoms with Gasteiger partial charge in [-0.25, -0.2) is 4.98 Å². The average molecular weight is 364 g/mol. The number of pyridine rings is 1. The molecule has 0 radical (unpaired) electrons. The van der Waals surface area contributed by atoms with Crippen LogP contribution in [-0.2, 0) is 4.79 Å². The van der Waals surface area contributed by atoms with Crippen LogP contribution in [0.1, 0.15) is 12.8 Å². The highest BCUT2D eigenvalue weighted by molar-refractivity contribution is 8.00. The molecule has 3 aromatic rings. The van der Waals surface area contributed by atoms with E-state index < -0.39 is 0 Å². The van der Waals surface area contributed by atoms with Gasteiger partial charge in [-0.1, -0.05) is 18.2 Å². The number of aromatic amines is 1. The van der Waals surface area contributed by atoms with Crippen LogP contribution in [0.2, 0.25) is 0 Å². The quantitative estimate of drug-likeness (QED) is 0.319. The fourth-order valence-electron chi connectivity index (χ4n) is 2.82. The third-order valence-corrected chi connectivity index (χ3v) is 5.10. The monoisotopic (exact) mass is 364 g/mol. The first-order valence-electron chi connectivity index (χ1n) is 8.63. The summed E-state index contributed by atoms with van der Waals surface area (Å²) in [5.74, 6) is 1.65. The minimum atomic E-state index is 0.0631. The molecule has 1 amide bonds. The molecule has 2 aromatic heterocycles. The molecular formula is C20H20N4OS. The van der Waals surface area contributed by atoms with Crippen molar-refractivity contribution in [3.8, 4) is 11.1 Å². The first kappa shape index (κ1) is 16.7. The molecule has 1 aromatic carbocycles. The highest BCUT2D eigenvalue weighted by atomic mass is 32.2. The number of nitrogens with one attached hydrogen (secondary N) is 3. The summed E-state index contributed by atoms with van der Waals surface area (Å²) < 4.78 is 3.28. The van der Waals surface area contributed by atoms with E-state index in [1.807, 2.05) is 36.5 Å². The first-order valence-corrected chi connectivity index (χ1v) is 9.61. The minimum Gasteiger partial charge on any atom is -0.346 e. The van der Waals surface area contributed by atoms with Crippen LogP contribution in [0.5, 0.6) is 0 Å². The molecule has 4 rings (SSSR count). The van der Waals surface area contributed by atoms with E-state index >= 15 is 0 Å². The Bertz CT molecular complexity index is 944. The third-order valence-electron chi connectivity index (χ3n) is 4.32. The van der Waals surface area contributed by atoms with Gasteiger partial charge in [0, 0.05) is 28.9 Å². The van der Waals surface area contributed by atoms with Gasteiger partial charge in [-0.2, -0.15) is 0 Å². The fourth-order valence-corrected chi connectivity index (χ4v) is 3.32. The smallest absolute Gasteiger partial charge is 0.228 e. The van der Waals surface area contributed by atoms with Gasteiger partial charge in [0.2, 0.25) is 5.91 Å². The molecule has 2 heterocycles. The third kappa shape index (κ3) is 3.60. The Balaban J connectivity index is 1.62. The van der Waals surface area contributed by atoms with Gasteiger partial charge in [-0.05, 0) is 60.2 Å². The minimum absolute atomic E-state index is 0.0631. The van der Waals surface area contributed by atoms with E-state index in [0.717, 1.165) is 46.4 Å². The number of amides is 1. The zero-order chi connectivity index (χ0) is 17.9. The van der Waals surface area contributed by atoms with Gasteiger partial charge in [0.1, 0.15) is 11.5 Å². The normalized spacial score (nSPS) is 13.5. The number of nitrogens with zero attached hydrogens (tertiary/aromatic N) is 1. The van der Waals surface area contributed by atoms with E-state index in [9.17, 15) is 4.79 Å². The molecule has 3 N–H and O–H groups in total. The Morgan fingerprint density at radius 2 is 2.12 bits per heavy atom. The van der Waals surface area contributed by atoms with Gasteiger partial charge in [0.25, 0.3) is 0 Å². The number of carbonyl (C=O) groups excluding carboxylic acids is 1. The molecule has 6 heteroatoms. The lowest BCUT2D eigenvalue weighted by atomic mass is 10.0. The Morgan fingerprint density at radius 3 is 2.85 bits per heavy atom. The van der Waals surface area contributed by atoms with Crippen LogP contribution in [-0.4, -0.2) is 21.6 Å². The van der Waals surface area contributed by atoms with E-state index in [0.29, 0.717) is 5.82 Å². The van der Waals surface area contributed by atoms with Crippen molar-refractivity contribution in [2.24, 2.45) is 5.92 Å². The van der Waals surface area contributed by atoms with Crippen molar-refractivity contribution >= 4 is 40.4 Å². The standard InChI is InChI=1S/C20H20N4OS/c1-2-11-26-24-15-7-5-13(6-8-15)17-12-18(23-20(25)14-3-4-14)22-19-16(17)9-10-21-19/h2,5-10,12,14,24H,1,3-4,11H2,(H2,21,22,23,25). The maximum absolute atomic E-state index is 12.1. The molecular weight excluding hydrogens is 344 g/mol. The van der Waals surface area contributed by atoms with Crippen molar-refractivity contribution in [3.63, 3.8) is 0 Å². The number of carbonyl (C=O) groups is 1. The highest BCUT2D eigenvalue weighted by Crippen LogP contribution is 2.33. The second-order valence-corrected chi connectivity index (χ2v) is 7.16. The van der Waals surface area contributed by atoms with Crippen molar-refractivity contribution in [1.29, 1.82) is 0 Å². The molecule has 0 atom stereocenters. The van der Waals surface area contributed by atoms with Crippen LogP contribution < -0.4 is 10.0 Å². The number of H-pyrrole nitrogens is 1. The molecule has 5 nitrogen and oxygen atoms in total. The van der Waals surface area contributed by atoms with Gasteiger partial charge in [-0.15, -0.1) is 6.58 Å². The molecule has 26 heavy (non-hydrogen) atoms. The maximum Gasteiger partial charge on any atom is 0.228 e. The summed E-state index contributed by atoms with van der Waals surface area (Å²) in [5.41, 5.74) is 3.95. The van der Waals surface area contributed by atoms with Crippen molar-refractivity contribution in [2.75, 3.05) is 15.8 Å². The first-order chi connectivity index (χ1) is 12.7. The average Bonchev–Trinajstić information content (AvgIpc) is 3.40. The molecule has 0 bridgehead atoms. The summed E-state index contributed by atoms with van der Waals surface area (Å²) in [7, 11) is 0. The number of rotatable bonds is 7. The Kier molecular flexibility index (Phi) is 4.67. The molecule has 0 unspecified atom stereocenters. The zero-order valence-corrected chi connectivity index (χ0v) is 15.1. The van der Waals surface area contributed by atoms with Gasteiger partial charge in [0.05, 0.1) is 0 Å². The topological polar surface area (TPSA) is 69.8 Å². The van der Waals surface area contributed by atoms with E-state index in [1.54, 1.807) is 11.9 Å². The number of hydrogen-bond acceptors (Lipinski definition) is 4. The lowest BCUT2D eigenvalue weighted by Crippen LogP contribution is -2.14. The maximum atomic E-state index is 12.1. The molecule has 0 aliphatic heterocycles. The van der Waals surface area contributed by atoms with Crippen molar-refractivity contribution in [1.82, 2.24) is 9.97 Å². The Hall–Kier alpha value is -2.73. The Morgan fingerprint density at radius 1 is 1.31 bits per heavy atom. The number of aromatic nitrogens is 2. The van der Waals surface area contributed by atoms with Crippen molar-refractivity contribution in [2.45, 2.75) is 12.8 Å². The van der Waals surface area contributed by atoms with Gasteiger partial charge < -0.3 is 15.0 Å². The van der Waals surface area contributed by atoms with Crippen LogP contribution in [0.4, 0.5) is 11.5 Å². The van der Waals surface area contributed by atoms with Gasteiger partial charge in [0.15, 0.2) is 0 Å². The van der Waals surface area contributed by atoms with E-state index in [-0.39, 0.29) is 11.8 Å². The summed E-state index contributed by atoms with van der Waals surface area (Å²) in [5, 5.41) is 3.98. The lowest BCUT2D eigenvalue weighted by Gasteiger charge is -2.10. The van der Waals surface area contributed by atoms with E-state index in [1.165, 1.54) is 0 Å². The summed E-state index contributed by atoms with van der Waals surface area (Å²) in [6, 6.07) is 12.2. The van der Waals surface area contributed by atoms with Gasteiger partial charge >= 0.3 is 0 Å². The van der Waals surface area contributed by atoms with E-state index in [4.69, 9.17) is 0 Å². The summed E-state index contributed by atoms with van der Waals surface area (Å²) in [4.78, 5) is 19.8. The van der Waals surface area contributed by atoms with E-state index in [2.05, 4.69) is 38.7 Å². The molecule has 132 valence electrons. The summed E-state index contributed by atoms with van der Waals surface area (Å²) >= 11 is 1.60. The zero-order valence-electron chi connectivity index (χ0n) is 14.3. The number of anilines is 2.